The fourth-order valence-corrected chi connectivity index (χ4v) is 3.19. The third-order valence-corrected chi connectivity index (χ3v) is 4.30. The average Bonchev–Trinajstić information content (AvgIpc) is 2.98. The summed E-state index contributed by atoms with van der Waals surface area (Å²) in [5.41, 5.74) is 3.09. The van der Waals surface area contributed by atoms with Crippen LogP contribution < -0.4 is 4.74 Å². The minimum atomic E-state index is -0.513. The van der Waals surface area contributed by atoms with Gasteiger partial charge in [0.2, 0.25) is 0 Å². The standard InChI is InChI=1S/C23H27NO3/c1-5-18-14-19-20(24(18)15-17-10-7-6-8-11-17)12-9-13-21(19)26-16-22(25)27-23(2,3)4/h6-14H,5,15-16H2,1-4H3. The molecule has 0 aliphatic rings. The highest BCUT2D eigenvalue weighted by Crippen LogP contribution is 2.30. The molecule has 4 nitrogen and oxygen atoms in total. The first-order chi connectivity index (χ1) is 12.9. The van der Waals surface area contributed by atoms with Gasteiger partial charge in [-0.2, -0.15) is 0 Å². The molecule has 0 atom stereocenters. The summed E-state index contributed by atoms with van der Waals surface area (Å²) in [6, 6.07) is 18.5. The van der Waals surface area contributed by atoms with Gasteiger partial charge >= 0.3 is 5.97 Å². The first-order valence-corrected chi connectivity index (χ1v) is 9.37. The zero-order valence-electron chi connectivity index (χ0n) is 16.5. The van der Waals surface area contributed by atoms with Crippen LogP contribution in [0, 0.1) is 0 Å². The van der Waals surface area contributed by atoms with Crippen molar-refractivity contribution in [2.75, 3.05) is 6.61 Å². The summed E-state index contributed by atoms with van der Waals surface area (Å²) in [6.45, 7) is 8.41. The second kappa shape index (κ2) is 7.87. The molecule has 0 saturated carbocycles. The molecule has 3 rings (SSSR count). The Morgan fingerprint density at radius 2 is 1.78 bits per heavy atom. The highest BCUT2D eigenvalue weighted by Gasteiger charge is 2.18. The zero-order valence-corrected chi connectivity index (χ0v) is 16.5. The molecule has 0 radical (unpaired) electrons. The molecular formula is C23H27NO3. The molecule has 1 aromatic heterocycles. The molecule has 0 saturated heterocycles. The average molecular weight is 365 g/mol. The lowest BCUT2D eigenvalue weighted by atomic mass is 10.2. The normalized spacial score (nSPS) is 11.6. The van der Waals surface area contributed by atoms with E-state index in [2.05, 4.69) is 47.9 Å². The van der Waals surface area contributed by atoms with E-state index in [1.807, 2.05) is 39.0 Å². The number of aryl methyl sites for hydroxylation is 1. The van der Waals surface area contributed by atoms with E-state index in [0.717, 1.165) is 23.9 Å². The summed E-state index contributed by atoms with van der Waals surface area (Å²) in [4.78, 5) is 12.0. The Balaban J connectivity index is 1.87. The van der Waals surface area contributed by atoms with Gasteiger partial charge in [-0.3, -0.25) is 0 Å². The van der Waals surface area contributed by atoms with Crippen molar-refractivity contribution in [1.82, 2.24) is 4.57 Å². The highest BCUT2D eigenvalue weighted by atomic mass is 16.6. The second-order valence-electron chi connectivity index (χ2n) is 7.63. The van der Waals surface area contributed by atoms with E-state index in [1.54, 1.807) is 0 Å². The number of ether oxygens (including phenoxy) is 2. The van der Waals surface area contributed by atoms with Crippen molar-refractivity contribution in [2.45, 2.75) is 46.3 Å². The summed E-state index contributed by atoms with van der Waals surface area (Å²) in [7, 11) is 0. The van der Waals surface area contributed by atoms with Gasteiger partial charge in [0.05, 0.1) is 5.52 Å². The molecule has 0 bridgehead atoms. The van der Waals surface area contributed by atoms with E-state index in [9.17, 15) is 4.79 Å². The molecule has 0 amide bonds. The van der Waals surface area contributed by atoms with Gasteiger partial charge in [-0.1, -0.05) is 43.3 Å². The molecule has 3 aromatic rings. The molecule has 1 heterocycles. The number of benzene rings is 2. The third kappa shape index (κ3) is 4.70. The fraction of sp³-hybridized carbons (Fsp3) is 0.348. The van der Waals surface area contributed by atoms with Gasteiger partial charge in [0.25, 0.3) is 0 Å². The van der Waals surface area contributed by atoms with Crippen LogP contribution in [0.15, 0.2) is 54.6 Å². The van der Waals surface area contributed by atoms with Crippen molar-refractivity contribution in [3.8, 4) is 5.75 Å². The molecule has 4 heteroatoms. The molecule has 27 heavy (non-hydrogen) atoms. The Bertz CT molecular complexity index is 920. The SMILES string of the molecule is CCc1cc2c(OCC(=O)OC(C)(C)C)cccc2n1Cc1ccccc1. The summed E-state index contributed by atoms with van der Waals surface area (Å²) in [5.74, 6) is 0.346. The molecule has 0 aliphatic carbocycles. The first kappa shape index (κ1) is 19.0. The summed E-state index contributed by atoms with van der Waals surface area (Å²) in [6.07, 6.45) is 0.924. The Labute approximate surface area is 160 Å². The predicted molar refractivity (Wildman–Crippen MR) is 108 cm³/mol. The summed E-state index contributed by atoms with van der Waals surface area (Å²) in [5, 5.41) is 1.02. The Morgan fingerprint density at radius 1 is 1.04 bits per heavy atom. The Morgan fingerprint density at radius 3 is 2.44 bits per heavy atom. The van der Waals surface area contributed by atoms with Crippen LogP contribution in [-0.4, -0.2) is 22.7 Å². The fourth-order valence-electron chi connectivity index (χ4n) is 3.19. The van der Waals surface area contributed by atoms with Crippen LogP contribution in [0.2, 0.25) is 0 Å². The molecule has 0 N–H and O–H groups in total. The van der Waals surface area contributed by atoms with Crippen LogP contribution in [0.5, 0.6) is 5.75 Å². The first-order valence-electron chi connectivity index (χ1n) is 9.37. The lowest BCUT2D eigenvalue weighted by molar-refractivity contribution is -0.157. The summed E-state index contributed by atoms with van der Waals surface area (Å²) < 4.78 is 13.4. The monoisotopic (exact) mass is 365 g/mol. The number of nitrogens with zero attached hydrogens (tertiary/aromatic N) is 1. The van der Waals surface area contributed by atoms with E-state index in [-0.39, 0.29) is 12.6 Å². The van der Waals surface area contributed by atoms with Crippen LogP contribution in [0.1, 0.15) is 39.0 Å². The maximum Gasteiger partial charge on any atom is 0.344 e. The topological polar surface area (TPSA) is 40.5 Å². The number of esters is 1. The van der Waals surface area contributed by atoms with Crippen molar-refractivity contribution < 1.29 is 14.3 Å². The van der Waals surface area contributed by atoms with Gasteiger partial charge in [-0.05, 0) is 51.0 Å². The lowest BCUT2D eigenvalue weighted by Crippen LogP contribution is -2.27. The molecule has 2 aromatic carbocycles. The maximum absolute atomic E-state index is 12.0. The van der Waals surface area contributed by atoms with Crippen LogP contribution in [0.4, 0.5) is 0 Å². The van der Waals surface area contributed by atoms with Crippen molar-refractivity contribution >= 4 is 16.9 Å². The van der Waals surface area contributed by atoms with Crippen LogP contribution in [0.3, 0.4) is 0 Å². The van der Waals surface area contributed by atoms with Gasteiger partial charge < -0.3 is 14.0 Å². The van der Waals surface area contributed by atoms with Crippen LogP contribution in [0.25, 0.3) is 10.9 Å². The number of hydrogen-bond acceptors (Lipinski definition) is 3. The number of aromatic nitrogens is 1. The lowest BCUT2D eigenvalue weighted by Gasteiger charge is -2.19. The minimum absolute atomic E-state index is 0.0955. The number of rotatable bonds is 6. The van der Waals surface area contributed by atoms with Gasteiger partial charge in [0, 0.05) is 17.6 Å². The number of hydrogen-bond donors (Lipinski definition) is 0. The number of carbonyl (C=O) groups excluding carboxylic acids is 1. The quantitative estimate of drug-likeness (QED) is 0.579. The van der Waals surface area contributed by atoms with Gasteiger partial charge in [0.1, 0.15) is 11.4 Å². The maximum atomic E-state index is 12.0. The molecule has 0 aliphatic heterocycles. The molecule has 0 unspecified atom stereocenters. The predicted octanol–water partition coefficient (Wildman–Crippen LogP) is 4.97. The Kier molecular flexibility index (Phi) is 5.54. The largest absolute Gasteiger partial charge is 0.481 e. The summed E-state index contributed by atoms with van der Waals surface area (Å²) >= 11 is 0. The van der Waals surface area contributed by atoms with Gasteiger partial charge in [-0.15, -0.1) is 0 Å². The minimum Gasteiger partial charge on any atom is -0.481 e. The van der Waals surface area contributed by atoms with E-state index < -0.39 is 5.60 Å². The molecule has 142 valence electrons. The highest BCUT2D eigenvalue weighted by molar-refractivity contribution is 5.88. The molecular weight excluding hydrogens is 338 g/mol. The van der Waals surface area contributed by atoms with Gasteiger partial charge in [0.15, 0.2) is 6.61 Å². The molecule has 0 spiro atoms. The van der Waals surface area contributed by atoms with Crippen LogP contribution >= 0.6 is 0 Å². The van der Waals surface area contributed by atoms with Crippen LogP contribution in [-0.2, 0) is 22.5 Å². The number of carbonyl (C=O) groups is 1. The second-order valence-corrected chi connectivity index (χ2v) is 7.63. The Hall–Kier alpha value is -2.75. The van der Waals surface area contributed by atoms with E-state index in [4.69, 9.17) is 9.47 Å². The van der Waals surface area contributed by atoms with Crippen molar-refractivity contribution in [1.29, 1.82) is 0 Å². The van der Waals surface area contributed by atoms with Crippen molar-refractivity contribution in [3.05, 3.63) is 65.9 Å². The van der Waals surface area contributed by atoms with Crippen molar-refractivity contribution in [2.24, 2.45) is 0 Å². The zero-order chi connectivity index (χ0) is 19.4. The molecule has 0 fully saturated rings. The smallest absolute Gasteiger partial charge is 0.344 e. The van der Waals surface area contributed by atoms with E-state index in [1.165, 1.54) is 11.3 Å². The van der Waals surface area contributed by atoms with E-state index >= 15 is 0 Å². The third-order valence-electron chi connectivity index (χ3n) is 4.30. The van der Waals surface area contributed by atoms with Gasteiger partial charge in [-0.25, -0.2) is 4.79 Å². The number of fused-ring (bicyclic) bond motifs is 1. The van der Waals surface area contributed by atoms with E-state index in [0.29, 0.717) is 5.75 Å². The van der Waals surface area contributed by atoms with Crippen molar-refractivity contribution in [3.63, 3.8) is 0 Å².